The lowest BCUT2D eigenvalue weighted by Gasteiger charge is -2.06. The zero-order valence-corrected chi connectivity index (χ0v) is 15.7. The van der Waals surface area contributed by atoms with E-state index in [9.17, 15) is 4.79 Å². The summed E-state index contributed by atoms with van der Waals surface area (Å²) in [5, 5.41) is 16.8. The fourth-order valence-electron chi connectivity index (χ4n) is 2.22. The molecule has 0 aliphatic carbocycles. The van der Waals surface area contributed by atoms with Gasteiger partial charge < -0.3 is 5.11 Å². The average molecular weight is 343 g/mol. The van der Waals surface area contributed by atoms with Crippen LogP contribution in [-0.4, -0.2) is 22.4 Å². The lowest BCUT2D eigenvalue weighted by Crippen LogP contribution is -2.06. The molecular formula is C20H38O4. The number of carboxylic acid groups (broad SMARTS) is 1. The molecule has 0 bridgehead atoms. The lowest BCUT2D eigenvalue weighted by molar-refractivity contribution is -0.267. The van der Waals surface area contributed by atoms with E-state index < -0.39 is 5.97 Å². The third kappa shape index (κ3) is 23.1. The minimum Gasteiger partial charge on any atom is -0.481 e. The van der Waals surface area contributed by atoms with Crippen LogP contribution in [0.25, 0.3) is 0 Å². The molecule has 4 heteroatoms. The van der Waals surface area contributed by atoms with E-state index in [0.717, 1.165) is 25.7 Å². The lowest BCUT2D eigenvalue weighted by atomic mass is 10.1. The van der Waals surface area contributed by atoms with Gasteiger partial charge in [0.05, 0.1) is 0 Å². The van der Waals surface area contributed by atoms with Gasteiger partial charge in [-0.15, -0.1) is 0 Å². The summed E-state index contributed by atoms with van der Waals surface area (Å²) < 4.78 is 0. The van der Waals surface area contributed by atoms with Crippen molar-refractivity contribution in [1.29, 1.82) is 0 Å². The van der Waals surface area contributed by atoms with Crippen LogP contribution in [0.5, 0.6) is 0 Å². The van der Waals surface area contributed by atoms with Crippen LogP contribution in [0.1, 0.15) is 90.9 Å². The highest BCUT2D eigenvalue weighted by Crippen LogP contribution is 2.08. The Hall–Kier alpha value is -1.13. The fraction of sp³-hybridized carbons (Fsp3) is 0.750. The predicted molar refractivity (Wildman–Crippen MR) is 101 cm³/mol. The highest BCUT2D eigenvalue weighted by Gasteiger charge is 2.02. The van der Waals surface area contributed by atoms with E-state index in [0.29, 0.717) is 6.42 Å². The zero-order valence-electron chi connectivity index (χ0n) is 15.7. The highest BCUT2D eigenvalue weighted by atomic mass is 17.1. The van der Waals surface area contributed by atoms with Gasteiger partial charge in [-0.05, 0) is 12.8 Å². The second kappa shape index (κ2) is 21.9. The Morgan fingerprint density at radius 3 is 2.04 bits per heavy atom. The maximum Gasteiger partial charge on any atom is 0.303 e. The Morgan fingerprint density at radius 2 is 1.54 bits per heavy atom. The number of hydrogen-bond acceptors (Lipinski definition) is 3. The molecule has 24 heavy (non-hydrogen) atoms. The smallest absolute Gasteiger partial charge is 0.303 e. The van der Waals surface area contributed by atoms with E-state index in [-0.39, 0.29) is 6.10 Å². The average Bonchev–Trinajstić information content (AvgIpc) is 2.57. The standard InChI is InChI=1S/C10H18O2.C10H20O2/c1-3-5-7-9-10(12-11)8-6-4-2;1-2-3-4-5-6-7-8-9-10(11)12/h4,6,8,10-11H,2-3,5,7,9H2,1H3;2-9H2,1H3,(H,11,12)/b8-6+;/t10-;/m1./s1. The highest BCUT2D eigenvalue weighted by molar-refractivity contribution is 5.66. The normalized spacial score (nSPS) is 11.8. The van der Waals surface area contributed by atoms with Crippen LogP contribution in [0.2, 0.25) is 0 Å². The Bertz CT molecular complexity index is 300. The summed E-state index contributed by atoms with van der Waals surface area (Å²) in [7, 11) is 0. The first kappa shape index (κ1) is 25.1. The second-order valence-electron chi connectivity index (χ2n) is 6.03. The van der Waals surface area contributed by atoms with Crippen LogP contribution in [-0.2, 0) is 9.68 Å². The van der Waals surface area contributed by atoms with Gasteiger partial charge in [0.25, 0.3) is 0 Å². The summed E-state index contributed by atoms with van der Waals surface area (Å²) in [6, 6.07) is 0. The Labute approximate surface area is 148 Å². The molecule has 0 aliphatic rings. The molecule has 0 fully saturated rings. The molecule has 142 valence electrons. The van der Waals surface area contributed by atoms with E-state index in [1.165, 1.54) is 44.9 Å². The first-order chi connectivity index (χ1) is 11.6. The quantitative estimate of drug-likeness (QED) is 0.157. The van der Waals surface area contributed by atoms with Crippen LogP contribution >= 0.6 is 0 Å². The van der Waals surface area contributed by atoms with Gasteiger partial charge in [0, 0.05) is 6.42 Å². The molecule has 0 rings (SSSR count). The fourth-order valence-corrected chi connectivity index (χ4v) is 2.22. The van der Waals surface area contributed by atoms with Crippen molar-refractivity contribution in [3.63, 3.8) is 0 Å². The first-order valence-electron chi connectivity index (χ1n) is 9.43. The molecule has 2 N–H and O–H groups in total. The molecule has 0 amide bonds. The summed E-state index contributed by atoms with van der Waals surface area (Å²) in [6.07, 6.45) is 18.1. The van der Waals surface area contributed by atoms with Crippen LogP contribution in [0.3, 0.4) is 0 Å². The Balaban J connectivity index is 0. The van der Waals surface area contributed by atoms with E-state index in [1.807, 2.05) is 6.08 Å². The maximum absolute atomic E-state index is 10.1. The summed E-state index contributed by atoms with van der Waals surface area (Å²) >= 11 is 0. The van der Waals surface area contributed by atoms with E-state index >= 15 is 0 Å². The molecule has 0 aromatic heterocycles. The molecular weight excluding hydrogens is 304 g/mol. The van der Waals surface area contributed by atoms with Crippen molar-refractivity contribution in [1.82, 2.24) is 0 Å². The van der Waals surface area contributed by atoms with Crippen molar-refractivity contribution in [2.45, 2.75) is 97.0 Å². The first-order valence-corrected chi connectivity index (χ1v) is 9.43. The van der Waals surface area contributed by atoms with E-state index in [4.69, 9.17) is 10.4 Å². The summed E-state index contributed by atoms with van der Waals surface area (Å²) in [6.45, 7) is 7.89. The molecule has 0 radical (unpaired) electrons. The molecule has 0 spiro atoms. The van der Waals surface area contributed by atoms with Gasteiger partial charge in [-0.3, -0.25) is 10.1 Å². The van der Waals surface area contributed by atoms with Crippen molar-refractivity contribution >= 4 is 5.97 Å². The van der Waals surface area contributed by atoms with Crippen LogP contribution in [0.15, 0.2) is 24.8 Å². The zero-order chi connectivity index (χ0) is 18.5. The predicted octanol–water partition coefficient (Wildman–Crippen LogP) is 6.38. The molecule has 0 saturated carbocycles. The molecule has 0 unspecified atom stereocenters. The topological polar surface area (TPSA) is 66.8 Å². The molecule has 0 heterocycles. The van der Waals surface area contributed by atoms with Gasteiger partial charge in [-0.25, -0.2) is 4.89 Å². The van der Waals surface area contributed by atoms with Crippen LogP contribution in [0, 0.1) is 0 Å². The van der Waals surface area contributed by atoms with Gasteiger partial charge in [0.15, 0.2) is 0 Å². The van der Waals surface area contributed by atoms with Gasteiger partial charge in [-0.2, -0.15) is 0 Å². The summed E-state index contributed by atoms with van der Waals surface area (Å²) in [5.41, 5.74) is 0. The number of rotatable bonds is 15. The van der Waals surface area contributed by atoms with E-state index in [1.54, 1.807) is 12.2 Å². The molecule has 0 aromatic rings. The number of unbranched alkanes of at least 4 members (excludes halogenated alkanes) is 8. The van der Waals surface area contributed by atoms with Crippen molar-refractivity contribution in [3.8, 4) is 0 Å². The Kier molecular flexibility index (Phi) is 22.9. The number of carbonyl (C=O) groups is 1. The second-order valence-corrected chi connectivity index (χ2v) is 6.03. The largest absolute Gasteiger partial charge is 0.481 e. The molecule has 0 saturated heterocycles. The number of allylic oxidation sites excluding steroid dienone is 2. The van der Waals surface area contributed by atoms with Gasteiger partial charge in [0.2, 0.25) is 0 Å². The SMILES string of the molecule is C=C/C=C/[C@H](CCCCC)OO.CCCCCCCCCC(=O)O. The monoisotopic (exact) mass is 342 g/mol. The molecule has 0 aromatic carbocycles. The third-order valence-corrected chi connectivity index (χ3v) is 3.68. The number of aliphatic carboxylic acids is 1. The number of carboxylic acids is 1. The van der Waals surface area contributed by atoms with Crippen molar-refractivity contribution in [2.24, 2.45) is 0 Å². The summed E-state index contributed by atoms with van der Waals surface area (Å²) in [5.74, 6) is -0.663. The number of hydrogen-bond donors (Lipinski definition) is 2. The molecule has 1 atom stereocenters. The van der Waals surface area contributed by atoms with Gasteiger partial charge in [0.1, 0.15) is 6.10 Å². The van der Waals surface area contributed by atoms with Crippen LogP contribution in [0.4, 0.5) is 0 Å². The van der Waals surface area contributed by atoms with Crippen LogP contribution < -0.4 is 0 Å². The minimum absolute atomic E-state index is 0.172. The van der Waals surface area contributed by atoms with E-state index in [2.05, 4.69) is 25.3 Å². The Morgan fingerprint density at radius 1 is 1.00 bits per heavy atom. The van der Waals surface area contributed by atoms with Gasteiger partial charge >= 0.3 is 5.97 Å². The molecule has 0 aliphatic heterocycles. The third-order valence-electron chi connectivity index (χ3n) is 3.68. The summed E-state index contributed by atoms with van der Waals surface area (Å²) in [4.78, 5) is 14.4. The van der Waals surface area contributed by atoms with Gasteiger partial charge in [-0.1, -0.05) is 96.4 Å². The van der Waals surface area contributed by atoms with Crippen molar-refractivity contribution < 1.29 is 20.0 Å². The van der Waals surface area contributed by atoms with Crippen molar-refractivity contribution in [3.05, 3.63) is 24.8 Å². The van der Waals surface area contributed by atoms with Crippen molar-refractivity contribution in [2.75, 3.05) is 0 Å². The minimum atomic E-state index is -0.663. The molecule has 4 nitrogen and oxygen atoms in total. The maximum atomic E-state index is 10.1.